The Bertz CT molecular complexity index is 288. The molecule has 0 aliphatic rings. The molecule has 4 nitrogen and oxygen atoms in total. The van der Waals surface area contributed by atoms with Gasteiger partial charge in [0.15, 0.2) is 0 Å². The number of rotatable bonds is 13. The zero-order valence-corrected chi connectivity index (χ0v) is 17.3. The van der Waals surface area contributed by atoms with Crippen molar-refractivity contribution in [2.45, 2.75) is 23.3 Å². The maximum Gasteiger partial charge on any atom is 0.306 e. The lowest BCUT2D eigenvalue weighted by Crippen LogP contribution is -2.16. The van der Waals surface area contributed by atoms with Gasteiger partial charge in [0.1, 0.15) is 13.2 Å². The highest BCUT2D eigenvalue weighted by atomic mass is 33.1. The monoisotopic (exact) mass is 422 g/mol. The SMILES string of the molecule is O=C(CCSSCCC(=O)OCC(S)CS)OCC(S)CS. The molecule has 0 spiro atoms. The van der Waals surface area contributed by atoms with Gasteiger partial charge in [-0.3, -0.25) is 9.59 Å². The van der Waals surface area contributed by atoms with E-state index in [0.717, 1.165) is 0 Å². The maximum atomic E-state index is 11.4. The fourth-order valence-electron chi connectivity index (χ4n) is 0.996. The normalized spacial score (nSPS) is 13.5. The zero-order chi connectivity index (χ0) is 16.8. The van der Waals surface area contributed by atoms with Gasteiger partial charge in [0.05, 0.1) is 12.8 Å². The summed E-state index contributed by atoms with van der Waals surface area (Å²) in [6.07, 6.45) is 0.691. The van der Waals surface area contributed by atoms with Crippen molar-refractivity contribution in [3.8, 4) is 0 Å². The summed E-state index contributed by atoms with van der Waals surface area (Å²) in [4.78, 5) is 22.8. The summed E-state index contributed by atoms with van der Waals surface area (Å²) in [6, 6.07) is 0. The second-order valence-corrected chi connectivity index (χ2v) is 9.08. The fourth-order valence-corrected chi connectivity index (χ4v) is 3.30. The van der Waals surface area contributed by atoms with Gasteiger partial charge in [-0.1, -0.05) is 21.6 Å². The standard InChI is InChI=1S/C12H22O4S6/c13-11(15-5-9(19)7-17)1-3-21-22-4-2-12(14)16-6-10(20)8-18/h9-10,17-20H,1-8H2. The Hall–Kier alpha value is 1.04. The smallest absolute Gasteiger partial charge is 0.306 e. The maximum absolute atomic E-state index is 11.4. The number of hydrogen-bond donors (Lipinski definition) is 4. The highest BCUT2D eigenvalue weighted by Crippen LogP contribution is 2.23. The Labute approximate surface area is 162 Å². The molecule has 0 aliphatic carbocycles. The van der Waals surface area contributed by atoms with Gasteiger partial charge in [0.2, 0.25) is 0 Å². The Morgan fingerprint density at radius 1 is 0.818 bits per heavy atom. The molecular formula is C12H22O4S6. The van der Waals surface area contributed by atoms with Gasteiger partial charge in [-0.25, -0.2) is 0 Å². The van der Waals surface area contributed by atoms with Gasteiger partial charge < -0.3 is 9.47 Å². The molecule has 130 valence electrons. The average Bonchev–Trinajstić information content (AvgIpc) is 2.53. The van der Waals surface area contributed by atoms with E-state index in [4.69, 9.17) is 9.47 Å². The minimum absolute atomic E-state index is 0.0280. The molecule has 0 fully saturated rings. The van der Waals surface area contributed by atoms with E-state index in [9.17, 15) is 9.59 Å². The van der Waals surface area contributed by atoms with Crippen LogP contribution in [0.2, 0.25) is 0 Å². The van der Waals surface area contributed by atoms with Gasteiger partial charge in [-0.2, -0.15) is 50.5 Å². The molecular weight excluding hydrogens is 401 g/mol. The lowest BCUT2D eigenvalue weighted by Gasteiger charge is -2.09. The molecule has 0 heterocycles. The van der Waals surface area contributed by atoms with Crippen LogP contribution in [0.1, 0.15) is 12.8 Å². The highest BCUT2D eigenvalue weighted by molar-refractivity contribution is 8.76. The van der Waals surface area contributed by atoms with Crippen LogP contribution >= 0.6 is 72.1 Å². The summed E-state index contributed by atoms with van der Waals surface area (Å²) < 4.78 is 10.1. The van der Waals surface area contributed by atoms with Crippen LogP contribution in [0.25, 0.3) is 0 Å². The van der Waals surface area contributed by atoms with Crippen LogP contribution in [-0.4, -0.2) is 58.7 Å². The van der Waals surface area contributed by atoms with Crippen molar-refractivity contribution >= 4 is 84.0 Å². The molecule has 22 heavy (non-hydrogen) atoms. The number of hydrogen-bond acceptors (Lipinski definition) is 10. The first-order valence-corrected chi connectivity index (χ1v) is 11.4. The number of carbonyl (C=O) groups is 2. The minimum atomic E-state index is -0.236. The van der Waals surface area contributed by atoms with Crippen molar-refractivity contribution in [3.05, 3.63) is 0 Å². The van der Waals surface area contributed by atoms with E-state index in [1.807, 2.05) is 0 Å². The van der Waals surface area contributed by atoms with E-state index in [1.165, 1.54) is 21.6 Å². The van der Waals surface area contributed by atoms with Crippen molar-refractivity contribution in [1.82, 2.24) is 0 Å². The summed E-state index contributed by atoms with van der Waals surface area (Å²) in [5.41, 5.74) is 0. The Morgan fingerprint density at radius 3 is 1.50 bits per heavy atom. The molecule has 0 aromatic rings. The van der Waals surface area contributed by atoms with Gasteiger partial charge in [0, 0.05) is 33.5 Å². The predicted molar refractivity (Wildman–Crippen MR) is 109 cm³/mol. The molecule has 0 aromatic carbocycles. The van der Waals surface area contributed by atoms with Gasteiger partial charge in [-0.15, -0.1) is 0 Å². The van der Waals surface area contributed by atoms with E-state index in [1.54, 1.807) is 0 Å². The number of thiol groups is 4. The summed E-state index contributed by atoms with van der Waals surface area (Å²) in [6.45, 7) is 0.570. The van der Waals surface area contributed by atoms with Crippen LogP contribution < -0.4 is 0 Å². The molecule has 10 heteroatoms. The van der Waals surface area contributed by atoms with Crippen LogP contribution in [-0.2, 0) is 19.1 Å². The number of ether oxygens (including phenoxy) is 2. The molecule has 0 bridgehead atoms. The van der Waals surface area contributed by atoms with Crippen LogP contribution in [0.5, 0.6) is 0 Å². The Kier molecular flexibility index (Phi) is 16.3. The van der Waals surface area contributed by atoms with Crippen LogP contribution in [0.15, 0.2) is 0 Å². The average molecular weight is 423 g/mol. The molecule has 2 unspecified atom stereocenters. The first-order chi connectivity index (χ1) is 10.5. The van der Waals surface area contributed by atoms with Crippen molar-refractivity contribution < 1.29 is 19.1 Å². The van der Waals surface area contributed by atoms with Gasteiger partial charge in [-0.05, 0) is 0 Å². The van der Waals surface area contributed by atoms with Crippen molar-refractivity contribution in [2.75, 3.05) is 36.2 Å². The predicted octanol–water partition coefficient (Wildman–Crippen LogP) is 2.69. The molecule has 0 saturated heterocycles. The Morgan fingerprint density at radius 2 is 1.18 bits per heavy atom. The van der Waals surface area contributed by atoms with E-state index < -0.39 is 0 Å². The first kappa shape index (κ1) is 23.0. The highest BCUT2D eigenvalue weighted by Gasteiger charge is 2.08. The second kappa shape index (κ2) is 15.6. The zero-order valence-electron chi connectivity index (χ0n) is 12.0. The van der Waals surface area contributed by atoms with Gasteiger partial charge in [0.25, 0.3) is 0 Å². The lowest BCUT2D eigenvalue weighted by molar-refractivity contribution is -0.143. The third-order valence-electron chi connectivity index (χ3n) is 2.16. The summed E-state index contributed by atoms with van der Waals surface area (Å²) in [7, 11) is 3.08. The largest absolute Gasteiger partial charge is 0.464 e. The molecule has 0 amide bonds. The summed E-state index contributed by atoms with van der Waals surface area (Å²) in [5.74, 6) is 1.96. The summed E-state index contributed by atoms with van der Waals surface area (Å²) in [5, 5.41) is -0.0561. The van der Waals surface area contributed by atoms with Crippen LogP contribution in [0, 0.1) is 0 Å². The van der Waals surface area contributed by atoms with E-state index in [-0.39, 0.29) is 35.7 Å². The first-order valence-electron chi connectivity index (χ1n) is 6.63. The Balaban J connectivity index is 3.42. The second-order valence-electron chi connectivity index (χ2n) is 4.18. The minimum Gasteiger partial charge on any atom is -0.464 e. The molecule has 0 radical (unpaired) electrons. The van der Waals surface area contributed by atoms with E-state index >= 15 is 0 Å². The van der Waals surface area contributed by atoms with Crippen LogP contribution in [0.4, 0.5) is 0 Å². The number of carbonyl (C=O) groups excluding carboxylic acids is 2. The third kappa shape index (κ3) is 14.6. The van der Waals surface area contributed by atoms with Gasteiger partial charge >= 0.3 is 11.9 Å². The third-order valence-corrected chi connectivity index (χ3v) is 6.69. The molecule has 0 aliphatic heterocycles. The van der Waals surface area contributed by atoms with Crippen molar-refractivity contribution in [1.29, 1.82) is 0 Å². The molecule has 0 saturated carbocycles. The van der Waals surface area contributed by atoms with Crippen molar-refractivity contribution in [2.24, 2.45) is 0 Å². The fraction of sp³-hybridized carbons (Fsp3) is 0.833. The molecule has 0 N–H and O–H groups in total. The lowest BCUT2D eigenvalue weighted by atomic mass is 10.5. The van der Waals surface area contributed by atoms with E-state index in [2.05, 4.69) is 50.5 Å². The van der Waals surface area contributed by atoms with Crippen molar-refractivity contribution in [3.63, 3.8) is 0 Å². The molecule has 0 aromatic heterocycles. The van der Waals surface area contributed by atoms with E-state index in [0.29, 0.717) is 35.9 Å². The van der Waals surface area contributed by atoms with Crippen LogP contribution in [0.3, 0.4) is 0 Å². The molecule has 2 atom stereocenters. The number of esters is 2. The summed E-state index contributed by atoms with van der Waals surface area (Å²) >= 11 is 16.5. The topological polar surface area (TPSA) is 52.6 Å². The quantitative estimate of drug-likeness (QED) is 0.158. The molecule has 0 rings (SSSR count).